The molecule has 0 aliphatic carbocycles. The minimum atomic E-state index is -0.321. The molecule has 1 unspecified atom stereocenters. The lowest BCUT2D eigenvalue weighted by molar-refractivity contribution is -0.149. The van der Waals surface area contributed by atoms with Crippen molar-refractivity contribution in [1.82, 2.24) is 9.88 Å². The Morgan fingerprint density at radius 3 is 2.91 bits per heavy atom. The summed E-state index contributed by atoms with van der Waals surface area (Å²) in [6, 6.07) is 9.14. The van der Waals surface area contributed by atoms with Gasteiger partial charge in [0.25, 0.3) is 5.56 Å². The van der Waals surface area contributed by atoms with Gasteiger partial charge in [0.2, 0.25) is 0 Å². The van der Waals surface area contributed by atoms with Crippen molar-refractivity contribution in [3.63, 3.8) is 0 Å². The number of benzene rings is 1. The molecule has 1 aliphatic rings. The van der Waals surface area contributed by atoms with E-state index in [1.807, 2.05) is 47.2 Å². The highest BCUT2D eigenvalue weighted by atomic mass is 16.5. The summed E-state index contributed by atoms with van der Waals surface area (Å²) in [4.78, 5) is 31.3. The number of H-pyrrole nitrogens is 1. The van der Waals surface area contributed by atoms with Crippen LogP contribution in [0.25, 0.3) is 10.8 Å². The monoisotopic (exact) mass is 315 g/mol. The number of carbonyl (C=O) groups is 1. The number of esters is 1. The fourth-order valence-corrected chi connectivity index (χ4v) is 2.95. The van der Waals surface area contributed by atoms with Gasteiger partial charge in [-0.3, -0.25) is 14.5 Å². The van der Waals surface area contributed by atoms with Crippen molar-refractivity contribution in [2.75, 3.05) is 38.2 Å². The summed E-state index contributed by atoms with van der Waals surface area (Å²) < 4.78 is 5.15. The number of hydrogen-bond donors (Lipinski definition) is 1. The first-order valence-electron chi connectivity index (χ1n) is 7.84. The fourth-order valence-electron chi connectivity index (χ4n) is 2.95. The maximum Gasteiger partial charge on any atom is 0.325 e. The topological polar surface area (TPSA) is 65.6 Å². The molecule has 0 radical (unpaired) electrons. The zero-order chi connectivity index (χ0) is 16.4. The molecule has 1 fully saturated rings. The van der Waals surface area contributed by atoms with Crippen LogP contribution in [-0.4, -0.2) is 55.2 Å². The van der Waals surface area contributed by atoms with E-state index in [1.165, 1.54) is 0 Å². The number of nitrogens with one attached hydrogen (secondary N) is 1. The molecule has 1 aromatic heterocycles. The van der Waals surface area contributed by atoms with Crippen LogP contribution >= 0.6 is 0 Å². The van der Waals surface area contributed by atoms with Gasteiger partial charge in [0, 0.05) is 25.0 Å². The fraction of sp³-hybridized carbons (Fsp3) is 0.412. The van der Waals surface area contributed by atoms with Gasteiger partial charge in [-0.1, -0.05) is 18.2 Å². The summed E-state index contributed by atoms with van der Waals surface area (Å²) in [5, 5.41) is 1.57. The van der Waals surface area contributed by atoms with E-state index in [0.717, 1.165) is 24.3 Å². The van der Waals surface area contributed by atoms with Crippen LogP contribution in [0.2, 0.25) is 0 Å². The van der Waals surface area contributed by atoms with Gasteiger partial charge in [0.15, 0.2) is 0 Å². The molecular weight excluding hydrogens is 294 g/mol. The van der Waals surface area contributed by atoms with Crippen molar-refractivity contribution in [2.45, 2.75) is 13.0 Å². The Balaban J connectivity index is 1.89. The molecule has 1 aromatic carbocycles. The van der Waals surface area contributed by atoms with Crippen LogP contribution in [0.3, 0.4) is 0 Å². The highest BCUT2D eigenvalue weighted by Crippen LogP contribution is 2.20. The Hall–Kier alpha value is -2.34. The summed E-state index contributed by atoms with van der Waals surface area (Å²) in [7, 11) is 1.92. The van der Waals surface area contributed by atoms with Crippen LogP contribution in [0.15, 0.2) is 35.1 Å². The van der Waals surface area contributed by atoms with Gasteiger partial charge in [-0.2, -0.15) is 0 Å². The largest absolute Gasteiger partial charge is 0.465 e. The molecule has 0 amide bonds. The van der Waals surface area contributed by atoms with Crippen LogP contribution < -0.4 is 10.5 Å². The number of fused-ring (bicyclic) bond motifs is 1. The van der Waals surface area contributed by atoms with E-state index in [0.29, 0.717) is 18.5 Å². The molecule has 6 nitrogen and oxygen atoms in total. The lowest BCUT2D eigenvalue weighted by Gasteiger charge is -2.38. The van der Waals surface area contributed by atoms with Crippen molar-refractivity contribution < 1.29 is 9.53 Å². The molecule has 23 heavy (non-hydrogen) atoms. The van der Waals surface area contributed by atoms with Gasteiger partial charge in [-0.25, -0.2) is 0 Å². The maximum atomic E-state index is 12.2. The normalized spacial score (nSPS) is 19.0. The van der Waals surface area contributed by atoms with E-state index in [4.69, 9.17) is 4.74 Å². The van der Waals surface area contributed by atoms with E-state index in [2.05, 4.69) is 4.98 Å². The lowest BCUT2D eigenvalue weighted by Crippen LogP contribution is -2.55. The van der Waals surface area contributed by atoms with Gasteiger partial charge < -0.3 is 14.6 Å². The van der Waals surface area contributed by atoms with Crippen molar-refractivity contribution in [3.8, 4) is 0 Å². The molecular formula is C17H21N3O3. The molecule has 2 heterocycles. The number of rotatable bonds is 3. The quantitative estimate of drug-likeness (QED) is 0.863. The standard InChI is InChI=1S/C17H21N3O3/c1-3-23-17(22)14-11-20(9-8-19(14)2)15-10-12-6-4-5-7-13(12)16(21)18-15/h4-7,10,14H,3,8-9,11H2,1-2H3,(H,18,21). The van der Waals surface area contributed by atoms with Crippen LogP contribution in [0.4, 0.5) is 5.82 Å². The van der Waals surface area contributed by atoms with E-state index >= 15 is 0 Å². The van der Waals surface area contributed by atoms with Gasteiger partial charge in [-0.15, -0.1) is 0 Å². The third-order valence-electron chi connectivity index (χ3n) is 4.29. The number of nitrogens with zero attached hydrogens (tertiary/aromatic N) is 2. The summed E-state index contributed by atoms with van der Waals surface area (Å²) in [5.41, 5.74) is -0.107. The van der Waals surface area contributed by atoms with Crippen LogP contribution in [-0.2, 0) is 9.53 Å². The highest BCUT2D eigenvalue weighted by Gasteiger charge is 2.31. The molecule has 0 saturated carbocycles. The SMILES string of the molecule is CCOC(=O)C1CN(c2cc3ccccc3c(=O)[nH]2)CCN1C. The molecule has 2 aromatic rings. The molecule has 0 bridgehead atoms. The van der Waals surface area contributed by atoms with E-state index in [1.54, 1.807) is 6.92 Å². The van der Waals surface area contributed by atoms with E-state index in [9.17, 15) is 9.59 Å². The summed E-state index contributed by atoms with van der Waals surface area (Å²) in [6.45, 7) is 4.16. The number of hydrogen-bond acceptors (Lipinski definition) is 5. The average molecular weight is 315 g/mol. The minimum Gasteiger partial charge on any atom is -0.465 e. The van der Waals surface area contributed by atoms with Crippen molar-refractivity contribution in [1.29, 1.82) is 0 Å². The molecule has 122 valence electrons. The Bertz CT molecular complexity index is 771. The van der Waals surface area contributed by atoms with E-state index in [-0.39, 0.29) is 17.6 Å². The van der Waals surface area contributed by atoms with Crippen molar-refractivity contribution >= 4 is 22.6 Å². The van der Waals surface area contributed by atoms with Gasteiger partial charge in [-0.05, 0) is 31.5 Å². The Labute approximate surface area is 134 Å². The maximum absolute atomic E-state index is 12.2. The molecule has 0 spiro atoms. The lowest BCUT2D eigenvalue weighted by atomic mass is 10.1. The average Bonchev–Trinajstić information content (AvgIpc) is 2.55. The van der Waals surface area contributed by atoms with Gasteiger partial charge in [0.1, 0.15) is 11.9 Å². The molecule has 1 atom stereocenters. The molecule has 1 N–H and O–H groups in total. The summed E-state index contributed by atoms with van der Waals surface area (Å²) in [6.07, 6.45) is 0. The van der Waals surface area contributed by atoms with Crippen molar-refractivity contribution in [2.24, 2.45) is 0 Å². The van der Waals surface area contributed by atoms with Crippen molar-refractivity contribution in [3.05, 3.63) is 40.7 Å². The second-order valence-corrected chi connectivity index (χ2v) is 5.77. The number of likely N-dealkylation sites (N-methyl/N-ethyl adjacent to an activating group) is 1. The number of pyridine rings is 1. The third-order valence-corrected chi connectivity index (χ3v) is 4.29. The Morgan fingerprint density at radius 2 is 2.13 bits per heavy atom. The number of anilines is 1. The number of ether oxygens (including phenoxy) is 1. The molecule has 1 aliphatic heterocycles. The van der Waals surface area contributed by atoms with Gasteiger partial charge in [0.05, 0.1) is 6.61 Å². The smallest absolute Gasteiger partial charge is 0.325 e. The number of aromatic nitrogens is 1. The van der Waals surface area contributed by atoms with Crippen LogP contribution in [0.5, 0.6) is 0 Å². The second kappa shape index (κ2) is 6.42. The highest BCUT2D eigenvalue weighted by molar-refractivity contribution is 5.84. The predicted molar refractivity (Wildman–Crippen MR) is 89.8 cm³/mol. The first-order chi connectivity index (χ1) is 11.1. The van der Waals surface area contributed by atoms with E-state index < -0.39 is 0 Å². The zero-order valence-electron chi connectivity index (χ0n) is 13.4. The first kappa shape index (κ1) is 15.6. The third kappa shape index (κ3) is 3.07. The van der Waals surface area contributed by atoms with Crippen LogP contribution in [0.1, 0.15) is 6.92 Å². The number of piperazine rings is 1. The Kier molecular flexibility index (Phi) is 4.34. The van der Waals surface area contributed by atoms with Gasteiger partial charge >= 0.3 is 5.97 Å². The number of aromatic amines is 1. The molecule has 3 rings (SSSR count). The first-order valence-corrected chi connectivity index (χ1v) is 7.84. The minimum absolute atomic E-state index is 0.107. The summed E-state index contributed by atoms with van der Waals surface area (Å²) in [5.74, 6) is 0.527. The predicted octanol–water partition coefficient (Wildman–Crippen LogP) is 1.21. The molecule has 1 saturated heterocycles. The number of carbonyl (C=O) groups excluding carboxylic acids is 1. The van der Waals surface area contributed by atoms with Crippen LogP contribution in [0, 0.1) is 0 Å². The summed E-state index contributed by atoms with van der Waals surface area (Å²) >= 11 is 0. The zero-order valence-corrected chi connectivity index (χ0v) is 13.4. The molecule has 6 heteroatoms. The second-order valence-electron chi connectivity index (χ2n) is 5.77. The Morgan fingerprint density at radius 1 is 1.35 bits per heavy atom.